The second-order valence-corrected chi connectivity index (χ2v) is 5.91. The Morgan fingerprint density at radius 3 is 2.28 bits per heavy atom. The topological polar surface area (TPSA) is 73.9 Å². The number of amides is 1. The Morgan fingerprint density at radius 1 is 1.07 bits per heavy atom. The Balaban J connectivity index is 2.01. The molecule has 0 aliphatic heterocycles. The van der Waals surface area contributed by atoms with Crippen molar-refractivity contribution in [2.24, 2.45) is 0 Å². The summed E-state index contributed by atoms with van der Waals surface area (Å²) in [5.74, 6) is -0.653. The van der Waals surface area contributed by atoms with Crippen LogP contribution in [0.15, 0.2) is 42.5 Å². The van der Waals surface area contributed by atoms with Gasteiger partial charge in [0, 0.05) is 5.69 Å². The molecular weight excluding hydrogens is 391 g/mol. The average Bonchev–Trinajstić information content (AvgIpc) is 2.68. The molecule has 2 aromatic carbocycles. The molecule has 0 aliphatic carbocycles. The molecule has 0 bridgehead atoms. The lowest BCUT2D eigenvalue weighted by molar-refractivity contribution is -0.137. The molecule has 6 nitrogen and oxygen atoms in total. The van der Waals surface area contributed by atoms with Crippen molar-refractivity contribution in [3.8, 4) is 11.5 Å². The first-order valence-corrected chi connectivity index (χ1v) is 8.65. The van der Waals surface area contributed by atoms with Gasteiger partial charge in [0.05, 0.1) is 24.8 Å². The summed E-state index contributed by atoms with van der Waals surface area (Å²) in [6, 6.07) is 8.37. The molecule has 0 aromatic heterocycles. The maximum absolute atomic E-state index is 12.6. The minimum Gasteiger partial charge on any atom is -0.493 e. The summed E-state index contributed by atoms with van der Waals surface area (Å²) in [4.78, 5) is 24.4. The highest BCUT2D eigenvalue weighted by molar-refractivity contribution is 5.97. The third-order valence-electron chi connectivity index (χ3n) is 3.83. The van der Waals surface area contributed by atoms with Crippen LogP contribution < -0.4 is 14.8 Å². The zero-order valence-electron chi connectivity index (χ0n) is 16.0. The quantitative estimate of drug-likeness (QED) is 0.688. The molecule has 1 amide bonds. The minimum atomic E-state index is -4.47. The summed E-state index contributed by atoms with van der Waals surface area (Å²) < 4.78 is 53.4. The van der Waals surface area contributed by atoms with E-state index in [1.807, 2.05) is 0 Å². The molecule has 0 heterocycles. The Morgan fingerprint density at radius 2 is 1.72 bits per heavy atom. The normalized spacial score (nSPS) is 12.1. The summed E-state index contributed by atoms with van der Waals surface area (Å²) in [5, 5.41) is 2.40. The molecule has 0 fully saturated rings. The number of ether oxygens (including phenoxy) is 3. The van der Waals surface area contributed by atoms with Crippen molar-refractivity contribution in [3.63, 3.8) is 0 Å². The van der Waals surface area contributed by atoms with E-state index in [1.165, 1.54) is 26.2 Å². The van der Waals surface area contributed by atoms with E-state index < -0.39 is 29.7 Å². The van der Waals surface area contributed by atoms with Gasteiger partial charge in [-0.25, -0.2) is 4.79 Å². The van der Waals surface area contributed by atoms with Crippen molar-refractivity contribution >= 4 is 17.6 Å². The predicted octanol–water partition coefficient (Wildman–Crippen LogP) is 4.30. The van der Waals surface area contributed by atoms with Gasteiger partial charge in [-0.2, -0.15) is 13.2 Å². The highest BCUT2D eigenvalue weighted by Crippen LogP contribution is 2.30. The van der Waals surface area contributed by atoms with E-state index in [-0.39, 0.29) is 11.3 Å². The van der Waals surface area contributed by atoms with Crippen molar-refractivity contribution in [3.05, 3.63) is 53.6 Å². The lowest BCUT2D eigenvalue weighted by Gasteiger charge is -2.15. The van der Waals surface area contributed by atoms with Gasteiger partial charge in [-0.15, -0.1) is 0 Å². The molecule has 0 aliphatic rings. The molecule has 0 saturated heterocycles. The van der Waals surface area contributed by atoms with Crippen molar-refractivity contribution in [2.45, 2.75) is 26.1 Å². The van der Waals surface area contributed by atoms with E-state index in [0.29, 0.717) is 18.1 Å². The van der Waals surface area contributed by atoms with Gasteiger partial charge >= 0.3 is 12.1 Å². The molecular formula is C20H20F3NO5. The number of rotatable bonds is 7. The lowest BCUT2D eigenvalue weighted by Crippen LogP contribution is -2.30. The third kappa shape index (κ3) is 5.87. The first-order valence-electron chi connectivity index (χ1n) is 8.65. The van der Waals surface area contributed by atoms with E-state index in [1.54, 1.807) is 13.0 Å². The van der Waals surface area contributed by atoms with E-state index in [9.17, 15) is 22.8 Å². The van der Waals surface area contributed by atoms with Gasteiger partial charge in [-0.1, -0.05) is 0 Å². The summed E-state index contributed by atoms with van der Waals surface area (Å²) in [6.07, 6.45) is -5.65. The maximum Gasteiger partial charge on any atom is 0.416 e. The zero-order chi connectivity index (χ0) is 21.6. The highest BCUT2D eigenvalue weighted by atomic mass is 19.4. The van der Waals surface area contributed by atoms with Crippen molar-refractivity contribution in [1.82, 2.24) is 0 Å². The minimum absolute atomic E-state index is 0.147. The van der Waals surface area contributed by atoms with E-state index >= 15 is 0 Å². The fourth-order valence-electron chi connectivity index (χ4n) is 2.34. The standard InChI is InChI=1S/C20H20F3NO5/c1-4-28-16-10-5-13(11-17(16)27-3)19(26)29-12(2)18(25)24-15-8-6-14(7-9-15)20(21,22)23/h5-12H,4H2,1-3H3,(H,24,25)/t12-/m0/s1. The SMILES string of the molecule is CCOc1ccc(C(=O)O[C@@H](C)C(=O)Nc2ccc(C(F)(F)F)cc2)cc1OC. The van der Waals surface area contributed by atoms with Crippen LogP contribution in [0.2, 0.25) is 0 Å². The van der Waals surface area contributed by atoms with Gasteiger partial charge in [0.15, 0.2) is 17.6 Å². The number of anilines is 1. The van der Waals surface area contributed by atoms with Gasteiger partial charge in [0.25, 0.3) is 5.91 Å². The number of benzene rings is 2. The fourth-order valence-corrected chi connectivity index (χ4v) is 2.34. The molecule has 0 saturated carbocycles. The number of methoxy groups -OCH3 is 1. The molecule has 9 heteroatoms. The maximum atomic E-state index is 12.6. The molecule has 156 valence electrons. The second-order valence-electron chi connectivity index (χ2n) is 5.91. The third-order valence-corrected chi connectivity index (χ3v) is 3.83. The number of alkyl halides is 3. The summed E-state index contributed by atoms with van der Waals surface area (Å²) in [6.45, 7) is 3.57. The number of hydrogen-bond acceptors (Lipinski definition) is 5. The molecule has 0 spiro atoms. The van der Waals surface area contributed by atoms with Crippen LogP contribution in [0.1, 0.15) is 29.8 Å². The van der Waals surface area contributed by atoms with Crippen LogP contribution in [0.3, 0.4) is 0 Å². The van der Waals surface area contributed by atoms with Gasteiger partial charge in [-0.3, -0.25) is 4.79 Å². The van der Waals surface area contributed by atoms with Crippen LogP contribution in [-0.2, 0) is 15.7 Å². The van der Waals surface area contributed by atoms with E-state index in [0.717, 1.165) is 24.3 Å². The zero-order valence-corrected chi connectivity index (χ0v) is 16.0. The van der Waals surface area contributed by atoms with Crippen LogP contribution in [0, 0.1) is 0 Å². The van der Waals surface area contributed by atoms with Crippen molar-refractivity contribution in [2.75, 3.05) is 19.0 Å². The smallest absolute Gasteiger partial charge is 0.416 e. The fraction of sp³-hybridized carbons (Fsp3) is 0.300. The van der Waals surface area contributed by atoms with E-state index in [4.69, 9.17) is 14.2 Å². The molecule has 1 atom stereocenters. The Kier molecular flexibility index (Phi) is 7.08. The highest BCUT2D eigenvalue weighted by Gasteiger charge is 2.30. The molecule has 29 heavy (non-hydrogen) atoms. The monoisotopic (exact) mass is 411 g/mol. The largest absolute Gasteiger partial charge is 0.493 e. The molecule has 1 N–H and O–H groups in total. The summed E-state index contributed by atoms with van der Waals surface area (Å²) in [7, 11) is 1.42. The summed E-state index contributed by atoms with van der Waals surface area (Å²) in [5.41, 5.74) is -0.535. The number of nitrogens with one attached hydrogen (secondary N) is 1. The first-order chi connectivity index (χ1) is 13.7. The number of hydrogen-bond donors (Lipinski definition) is 1. The number of halogens is 3. The van der Waals surface area contributed by atoms with Gasteiger partial charge in [-0.05, 0) is 56.3 Å². The molecule has 0 radical (unpaired) electrons. The van der Waals surface area contributed by atoms with Crippen LogP contribution in [0.4, 0.5) is 18.9 Å². The Hall–Kier alpha value is -3.23. The molecule has 2 rings (SSSR count). The number of carbonyl (C=O) groups excluding carboxylic acids is 2. The number of esters is 1. The van der Waals surface area contributed by atoms with Gasteiger partial charge < -0.3 is 19.5 Å². The predicted molar refractivity (Wildman–Crippen MR) is 99.1 cm³/mol. The van der Waals surface area contributed by atoms with Crippen LogP contribution in [-0.4, -0.2) is 31.7 Å². The Labute approximate surface area is 165 Å². The van der Waals surface area contributed by atoms with Crippen molar-refractivity contribution < 1.29 is 37.0 Å². The van der Waals surface area contributed by atoms with E-state index in [2.05, 4.69) is 5.32 Å². The van der Waals surface area contributed by atoms with Crippen molar-refractivity contribution in [1.29, 1.82) is 0 Å². The van der Waals surface area contributed by atoms with Gasteiger partial charge in [0.2, 0.25) is 0 Å². The van der Waals surface area contributed by atoms with Crippen LogP contribution in [0.25, 0.3) is 0 Å². The van der Waals surface area contributed by atoms with Gasteiger partial charge in [0.1, 0.15) is 0 Å². The first kappa shape index (κ1) is 22.1. The molecule has 0 unspecified atom stereocenters. The second kappa shape index (κ2) is 9.31. The average molecular weight is 411 g/mol. The van der Waals surface area contributed by atoms with Crippen LogP contribution >= 0.6 is 0 Å². The summed E-state index contributed by atoms with van der Waals surface area (Å²) >= 11 is 0. The lowest BCUT2D eigenvalue weighted by atomic mass is 10.2. The number of carbonyl (C=O) groups is 2. The Bertz CT molecular complexity index is 865. The van der Waals surface area contributed by atoms with Crippen LogP contribution in [0.5, 0.6) is 11.5 Å². The molecule has 2 aromatic rings.